The predicted octanol–water partition coefficient (Wildman–Crippen LogP) is 0.876. The van der Waals surface area contributed by atoms with Gasteiger partial charge in [-0.3, -0.25) is 4.79 Å². The van der Waals surface area contributed by atoms with Crippen LogP contribution in [0.3, 0.4) is 0 Å². The number of nitrogens with zero attached hydrogens (tertiary/aromatic N) is 1. The lowest BCUT2D eigenvalue weighted by molar-refractivity contribution is -0.155. The Labute approximate surface area is 95.4 Å². The molecule has 0 aliphatic heterocycles. The average Bonchev–Trinajstić information content (AvgIpc) is 3.04. The van der Waals surface area contributed by atoms with Crippen LogP contribution in [0.4, 0.5) is 0 Å². The summed E-state index contributed by atoms with van der Waals surface area (Å²) in [6.45, 7) is 3.39. The maximum absolute atomic E-state index is 12.1. The van der Waals surface area contributed by atoms with Crippen molar-refractivity contribution in [1.29, 1.82) is 0 Å². The fourth-order valence-electron chi connectivity index (χ4n) is 1.77. The summed E-state index contributed by atoms with van der Waals surface area (Å²) in [5.41, 5.74) is 0. The number of ether oxygens (including phenoxy) is 1. The molecule has 1 fully saturated rings. The van der Waals surface area contributed by atoms with E-state index < -0.39 is 18.1 Å². The third-order valence-corrected chi connectivity index (χ3v) is 2.90. The maximum Gasteiger partial charge on any atom is 0.326 e. The first-order valence-corrected chi connectivity index (χ1v) is 5.60. The number of methoxy groups -OCH3 is 1. The van der Waals surface area contributed by atoms with Crippen molar-refractivity contribution in [2.75, 3.05) is 7.11 Å². The quantitative estimate of drug-likeness (QED) is 0.734. The number of hydrogen-bond acceptors (Lipinski definition) is 3. The van der Waals surface area contributed by atoms with E-state index in [2.05, 4.69) is 0 Å². The Balaban J connectivity index is 2.76. The third-order valence-electron chi connectivity index (χ3n) is 2.90. The van der Waals surface area contributed by atoms with E-state index in [-0.39, 0.29) is 11.9 Å². The second kappa shape index (κ2) is 5.30. The summed E-state index contributed by atoms with van der Waals surface area (Å²) in [7, 11) is 1.47. The van der Waals surface area contributed by atoms with Crippen molar-refractivity contribution in [1.82, 2.24) is 4.90 Å². The van der Waals surface area contributed by atoms with Gasteiger partial charge in [-0.25, -0.2) is 4.79 Å². The zero-order chi connectivity index (χ0) is 12.3. The van der Waals surface area contributed by atoms with Crippen molar-refractivity contribution in [2.45, 2.75) is 51.3 Å². The van der Waals surface area contributed by atoms with Gasteiger partial charge in [-0.15, -0.1) is 0 Å². The molecular weight excluding hydrogens is 210 g/mol. The topological polar surface area (TPSA) is 66.8 Å². The van der Waals surface area contributed by atoms with Gasteiger partial charge >= 0.3 is 5.97 Å². The van der Waals surface area contributed by atoms with E-state index in [9.17, 15) is 9.59 Å². The Morgan fingerprint density at radius 1 is 1.50 bits per heavy atom. The van der Waals surface area contributed by atoms with Crippen molar-refractivity contribution in [3.05, 3.63) is 0 Å². The van der Waals surface area contributed by atoms with Crippen LogP contribution in [-0.2, 0) is 14.3 Å². The molecule has 1 saturated carbocycles. The second-order valence-electron chi connectivity index (χ2n) is 4.12. The van der Waals surface area contributed by atoms with Crippen molar-refractivity contribution in [3.63, 3.8) is 0 Å². The van der Waals surface area contributed by atoms with Crippen molar-refractivity contribution >= 4 is 11.9 Å². The number of hydrogen-bond donors (Lipinski definition) is 1. The van der Waals surface area contributed by atoms with Gasteiger partial charge in [0.05, 0.1) is 0 Å². The summed E-state index contributed by atoms with van der Waals surface area (Å²) < 4.78 is 5.07. The molecule has 5 heteroatoms. The summed E-state index contributed by atoms with van der Waals surface area (Å²) >= 11 is 0. The van der Waals surface area contributed by atoms with Crippen LogP contribution in [0.25, 0.3) is 0 Å². The highest BCUT2D eigenvalue weighted by Crippen LogP contribution is 2.29. The molecule has 0 heterocycles. The molecular formula is C11H19NO4. The van der Waals surface area contributed by atoms with E-state index in [4.69, 9.17) is 9.84 Å². The lowest BCUT2D eigenvalue weighted by Gasteiger charge is -2.29. The highest BCUT2D eigenvalue weighted by Gasteiger charge is 2.40. The molecule has 0 spiro atoms. The van der Waals surface area contributed by atoms with E-state index in [1.54, 1.807) is 6.92 Å². The first-order chi connectivity index (χ1) is 7.52. The molecule has 2 unspecified atom stereocenters. The standard InChI is InChI=1S/C11H19NO4/c1-4-9(16-3)10(13)12(8-5-6-8)7(2)11(14)15/h7-9H,4-6H2,1-3H3,(H,14,15). The Hall–Kier alpha value is -1.10. The van der Waals surface area contributed by atoms with E-state index in [0.29, 0.717) is 6.42 Å². The van der Waals surface area contributed by atoms with Gasteiger partial charge in [0.1, 0.15) is 12.1 Å². The largest absolute Gasteiger partial charge is 0.480 e. The van der Waals surface area contributed by atoms with Gasteiger partial charge in [-0.1, -0.05) is 6.92 Å². The van der Waals surface area contributed by atoms with Gasteiger partial charge in [-0.2, -0.15) is 0 Å². The van der Waals surface area contributed by atoms with Crippen LogP contribution in [0, 0.1) is 0 Å². The van der Waals surface area contributed by atoms with Crippen LogP contribution >= 0.6 is 0 Å². The molecule has 5 nitrogen and oxygen atoms in total. The Bertz CT molecular complexity index is 271. The van der Waals surface area contributed by atoms with E-state index in [1.807, 2.05) is 6.92 Å². The fraction of sp³-hybridized carbons (Fsp3) is 0.818. The van der Waals surface area contributed by atoms with Gasteiger partial charge in [0.15, 0.2) is 0 Å². The average molecular weight is 229 g/mol. The Morgan fingerprint density at radius 2 is 2.06 bits per heavy atom. The highest BCUT2D eigenvalue weighted by atomic mass is 16.5. The summed E-state index contributed by atoms with van der Waals surface area (Å²) in [5.74, 6) is -1.17. The molecule has 92 valence electrons. The van der Waals surface area contributed by atoms with Crippen LogP contribution in [0.5, 0.6) is 0 Å². The van der Waals surface area contributed by atoms with E-state index in [0.717, 1.165) is 12.8 Å². The van der Waals surface area contributed by atoms with Crippen LogP contribution in [0.15, 0.2) is 0 Å². The monoisotopic (exact) mass is 229 g/mol. The molecule has 0 saturated heterocycles. The Kier molecular flexibility index (Phi) is 4.29. The van der Waals surface area contributed by atoms with Gasteiger partial charge in [0.25, 0.3) is 5.91 Å². The summed E-state index contributed by atoms with van der Waals surface area (Å²) in [4.78, 5) is 24.5. The molecule has 0 bridgehead atoms. The lowest BCUT2D eigenvalue weighted by atomic mass is 10.2. The summed E-state index contributed by atoms with van der Waals surface area (Å²) in [5, 5.41) is 8.97. The van der Waals surface area contributed by atoms with Crippen molar-refractivity contribution in [3.8, 4) is 0 Å². The van der Waals surface area contributed by atoms with Gasteiger partial charge in [-0.05, 0) is 26.2 Å². The number of amides is 1. The smallest absolute Gasteiger partial charge is 0.326 e. The number of rotatable bonds is 6. The van der Waals surface area contributed by atoms with E-state index >= 15 is 0 Å². The predicted molar refractivity (Wildman–Crippen MR) is 58.1 cm³/mol. The molecule has 0 radical (unpaired) electrons. The molecule has 1 rings (SSSR count). The molecule has 0 aromatic rings. The second-order valence-corrected chi connectivity index (χ2v) is 4.12. The first-order valence-electron chi connectivity index (χ1n) is 5.60. The molecule has 1 amide bonds. The van der Waals surface area contributed by atoms with Crippen LogP contribution in [-0.4, -0.2) is 47.2 Å². The zero-order valence-corrected chi connectivity index (χ0v) is 9.97. The van der Waals surface area contributed by atoms with Crippen molar-refractivity contribution in [2.24, 2.45) is 0 Å². The van der Waals surface area contributed by atoms with Crippen LogP contribution < -0.4 is 0 Å². The minimum absolute atomic E-state index is 0.0859. The van der Waals surface area contributed by atoms with Crippen LogP contribution in [0.2, 0.25) is 0 Å². The number of carbonyl (C=O) groups is 2. The number of carboxylic acids is 1. The Morgan fingerprint density at radius 3 is 2.38 bits per heavy atom. The fourth-order valence-corrected chi connectivity index (χ4v) is 1.77. The number of aliphatic carboxylic acids is 1. The molecule has 2 atom stereocenters. The maximum atomic E-state index is 12.1. The molecule has 1 N–H and O–H groups in total. The normalized spacial score (nSPS) is 18.9. The van der Waals surface area contributed by atoms with Crippen molar-refractivity contribution < 1.29 is 19.4 Å². The van der Waals surface area contributed by atoms with E-state index in [1.165, 1.54) is 12.0 Å². The minimum atomic E-state index is -0.966. The molecule has 0 aromatic heterocycles. The third kappa shape index (κ3) is 2.72. The van der Waals surface area contributed by atoms with Gasteiger partial charge < -0.3 is 14.7 Å². The summed E-state index contributed by atoms with van der Waals surface area (Å²) in [6.07, 6.45) is 1.82. The van der Waals surface area contributed by atoms with Gasteiger partial charge in [0.2, 0.25) is 0 Å². The number of carboxylic acid groups (broad SMARTS) is 1. The molecule has 1 aliphatic carbocycles. The molecule has 1 aliphatic rings. The highest BCUT2D eigenvalue weighted by molar-refractivity contribution is 5.86. The summed E-state index contributed by atoms with van der Waals surface area (Å²) in [6, 6.07) is -0.688. The zero-order valence-electron chi connectivity index (χ0n) is 9.97. The molecule has 0 aromatic carbocycles. The minimum Gasteiger partial charge on any atom is -0.480 e. The van der Waals surface area contributed by atoms with Crippen LogP contribution in [0.1, 0.15) is 33.1 Å². The first kappa shape index (κ1) is 13.0. The molecule has 16 heavy (non-hydrogen) atoms. The lowest BCUT2D eigenvalue weighted by Crippen LogP contribution is -2.49. The SMILES string of the molecule is CCC(OC)C(=O)N(C1CC1)C(C)C(=O)O. The number of carbonyl (C=O) groups excluding carboxylic acids is 1. The van der Waals surface area contributed by atoms with Gasteiger partial charge in [0, 0.05) is 13.2 Å².